The summed E-state index contributed by atoms with van der Waals surface area (Å²) in [5, 5.41) is 0. The maximum atomic E-state index is 11.8. The van der Waals surface area contributed by atoms with E-state index in [1.165, 1.54) is 89.9 Å². The van der Waals surface area contributed by atoms with Crippen LogP contribution in [0.1, 0.15) is 154 Å². The third-order valence-electron chi connectivity index (χ3n) is 6.58. The van der Waals surface area contributed by atoms with Gasteiger partial charge in [-0.2, -0.15) is 0 Å². The van der Waals surface area contributed by atoms with Crippen LogP contribution in [-0.4, -0.2) is 25.2 Å². The summed E-state index contributed by atoms with van der Waals surface area (Å²) >= 11 is 0. The van der Waals surface area contributed by atoms with E-state index in [1.807, 2.05) is 0 Å². The SMILES string of the molecule is O=C1CCCCCCCCCCCCCCCCC(=O)OCCCCCCCCCCO1. The van der Waals surface area contributed by atoms with E-state index in [4.69, 9.17) is 9.47 Å². The average Bonchev–Trinajstić information content (AvgIpc) is 2.78. The molecule has 1 fully saturated rings. The van der Waals surface area contributed by atoms with Crippen molar-refractivity contribution in [2.75, 3.05) is 13.2 Å². The molecule has 0 aliphatic carbocycles. The molecule has 0 bridgehead atoms. The first-order chi connectivity index (χ1) is 15.8. The Labute approximate surface area is 198 Å². The van der Waals surface area contributed by atoms with Gasteiger partial charge in [-0.1, -0.05) is 116 Å². The lowest BCUT2D eigenvalue weighted by Gasteiger charge is -2.07. The second-order valence-corrected chi connectivity index (χ2v) is 9.72. The van der Waals surface area contributed by atoms with Crippen LogP contribution in [0.3, 0.4) is 0 Å². The van der Waals surface area contributed by atoms with Crippen molar-refractivity contribution in [2.45, 2.75) is 154 Å². The Morgan fingerprint density at radius 1 is 0.312 bits per heavy atom. The van der Waals surface area contributed by atoms with Crippen LogP contribution in [0.15, 0.2) is 0 Å². The van der Waals surface area contributed by atoms with Crippen molar-refractivity contribution in [3.8, 4) is 0 Å². The monoisotopic (exact) mass is 452 g/mol. The highest BCUT2D eigenvalue weighted by Crippen LogP contribution is 2.14. The van der Waals surface area contributed by atoms with E-state index in [1.54, 1.807) is 0 Å². The number of hydrogen-bond acceptors (Lipinski definition) is 4. The summed E-state index contributed by atoms with van der Waals surface area (Å²) in [6, 6.07) is 0. The molecule has 0 radical (unpaired) electrons. The van der Waals surface area contributed by atoms with Gasteiger partial charge in [0.2, 0.25) is 0 Å². The van der Waals surface area contributed by atoms with Crippen molar-refractivity contribution in [3.63, 3.8) is 0 Å². The van der Waals surface area contributed by atoms with E-state index >= 15 is 0 Å². The molecular formula is C28H52O4. The zero-order chi connectivity index (χ0) is 23.0. The molecule has 32 heavy (non-hydrogen) atoms. The van der Waals surface area contributed by atoms with Crippen LogP contribution >= 0.6 is 0 Å². The van der Waals surface area contributed by atoms with E-state index in [9.17, 15) is 9.59 Å². The molecule has 1 heterocycles. The maximum absolute atomic E-state index is 11.8. The molecule has 1 rings (SSSR count). The van der Waals surface area contributed by atoms with Gasteiger partial charge in [-0.25, -0.2) is 0 Å². The Morgan fingerprint density at radius 2 is 0.531 bits per heavy atom. The molecular weight excluding hydrogens is 400 g/mol. The minimum Gasteiger partial charge on any atom is -0.466 e. The molecule has 1 saturated heterocycles. The topological polar surface area (TPSA) is 52.6 Å². The van der Waals surface area contributed by atoms with E-state index in [-0.39, 0.29) is 11.9 Å². The van der Waals surface area contributed by atoms with Gasteiger partial charge in [-0.05, 0) is 25.7 Å². The van der Waals surface area contributed by atoms with Crippen molar-refractivity contribution in [1.29, 1.82) is 0 Å². The smallest absolute Gasteiger partial charge is 0.305 e. The van der Waals surface area contributed by atoms with Crippen LogP contribution in [0.25, 0.3) is 0 Å². The number of rotatable bonds is 0. The lowest BCUT2D eigenvalue weighted by molar-refractivity contribution is -0.144. The van der Waals surface area contributed by atoms with Gasteiger partial charge in [0.25, 0.3) is 0 Å². The first-order valence-corrected chi connectivity index (χ1v) is 14.1. The minimum atomic E-state index is -0.00892. The lowest BCUT2D eigenvalue weighted by atomic mass is 10.0. The molecule has 4 heteroatoms. The Hall–Kier alpha value is -1.06. The maximum Gasteiger partial charge on any atom is 0.305 e. The van der Waals surface area contributed by atoms with Gasteiger partial charge in [0.15, 0.2) is 0 Å². The highest BCUT2D eigenvalue weighted by Gasteiger charge is 2.04. The summed E-state index contributed by atoms with van der Waals surface area (Å²) in [5.74, 6) is -0.0178. The lowest BCUT2D eigenvalue weighted by Crippen LogP contribution is -2.05. The number of ether oxygens (including phenoxy) is 2. The third-order valence-corrected chi connectivity index (χ3v) is 6.58. The average molecular weight is 453 g/mol. The van der Waals surface area contributed by atoms with Crippen molar-refractivity contribution in [2.24, 2.45) is 0 Å². The zero-order valence-corrected chi connectivity index (χ0v) is 21.0. The number of esters is 2. The molecule has 0 saturated carbocycles. The molecule has 188 valence electrons. The van der Waals surface area contributed by atoms with Crippen LogP contribution in [-0.2, 0) is 19.1 Å². The first-order valence-electron chi connectivity index (χ1n) is 14.1. The predicted molar refractivity (Wildman–Crippen MR) is 133 cm³/mol. The van der Waals surface area contributed by atoms with Gasteiger partial charge >= 0.3 is 11.9 Å². The summed E-state index contributed by atoms with van der Waals surface area (Å²) in [5.41, 5.74) is 0. The number of carbonyl (C=O) groups is 2. The molecule has 0 spiro atoms. The van der Waals surface area contributed by atoms with Gasteiger partial charge in [0, 0.05) is 12.8 Å². The fourth-order valence-electron chi connectivity index (χ4n) is 4.44. The predicted octanol–water partition coefficient (Wildman–Crippen LogP) is 8.45. The second-order valence-electron chi connectivity index (χ2n) is 9.72. The van der Waals surface area contributed by atoms with Crippen LogP contribution < -0.4 is 0 Å². The van der Waals surface area contributed by atoms with Crippen molar-refractivity contribution < 1.29 is 19.1 Å². The highest BCUT2D eigenvalue weighted by atomic mass is 16.5. The molecule has 0 aromatic heterocycles. The third kappa shape index (κ3) is 20.8. The highest BCUT2D eigenvalue weighted by molar-refractivity contribution is 5.69. The van der Waals surface area contributed by atoms with Crippen molar-refractivity contribution in [1.82, 2.24) is 0 Å². The Morgan fingerprint density at radius 3 is 0.812 bits per heavy atom. The number of carbonyl (C=O) groups excluding carboxylic acids is 2. The Bertz CT molecular complexity index is 395. The number of hydrogen-bond donors (Lipinski definition) is 0. The molecule has 4 nitrogen and oxygen atoms in total. The standard InChI is InChI=1S/C28H52O4/c29-27-23-19-15-11-7-5-3-1-2-4-6-8-12-16-20-24-28(30)32-26-22-18-14-10-9-13-17-21-25-31-27/h1-26H2. The molecule has 0 unspecified atom stereocenters. The van der Waals surface area contributed by atoms with Crippen LogP contribution in [0.4, 0.5) is 0 Å². The molecule has 0 aromatic carbocycles. The second kappa shape index (κ2) is 23.1. The largest absolute Gasteiger partial charge is 0.466 e. The normalized spacial score (nSPS) is 22.9. The fourth-order valence-corrected chi connectivity index (χ4v) is 4.44. The Kier molecular flexibility index (Phi) is 20.9. The Balaban J connectivity index is 2.12. The summed E-state index contributed by atoms with van der Waals surface area (Å²) < 4.78 is 10.7. The zero-order valence-electron chi connectivity index (χ0n) is 21.0. The van der Waals surface area contributed by atoms with Crippen LogP contribution in [0.2, 0.25) is 0 Å². The summed E-state index contributed by atoms with van der Waals surface area (Å²) in [7, 11) is 0. The summed E-state index contributed by atoms with van der Waals surface area (Å²) in [4.78, 5) is 23.6. The minimum absolute atomic E-state index is 0.00892. The van der Waals surface area contributed by atoms with E-state index in [2.05, 4.69) is 0 Å². The molecule has 1 aliphatic heterocycles. The van der Waals surface area contributed by atoms with Gasteiger partial charge in [0.05, 0.1) is 13.2 Å². The quantitative estimate of drug-likeness (QED) is 0.346. The number of cyclic esters (lactones) is 2. The molecule has 0 aromatic rings. The van der Waals surface area contributed by atoms with E-state index in [0.717, 1.165) is 51.4 Å². The van der Waals surface area contributed by atoms with E-state index < -0.39 is 0 Å². The van der Waals surface area contributed by atoms with Crippen molar-refractivity contribution >= 4 is 11.9 Å². The molecule has 1 aliphatic rings. The van der Waals surface area contributed by atoms with Gasteiger partial charge in [-0.3, -0.25) is 9.59 Å². The fraction of sp³-hybridized carbons (Fsp3) is 0.929. The van der Waals surface area contributed by atoms with Crippen LogP contribution in [0.5, 0.6) is 0 Å². The van der Waals surface area contributed by atoms with Crippen molar-refractivity contribution in [3.05, 3.63) is 0 Å². The van der Waals surface area contributed by atoms with E-state index in [0.29, 0.717) is 26.1 Å². The van der Waals surface area contributed by atoms with Gasteiger partial charge in [-0.15, -0.1) is 0 Å². The first kappa shape index (κ1) is 29.0. The molecule has 0 atom stereocenters. The van der Waals surface area contributed by atoms with Crippen LogP contribution in [0, 0.1) is 0 Å². The summed E-state index contributed by atoms with van der Waals surface area (Å²) in [6.45, 7) is 1.18. The van der Waals surface area contributed by atoms with Gasteiger partial charge in [0.1, 0.15) is 0 Å². The summed E-state index contributed by atoms with van der Waals surface area (Å²) in [6.07, 6.45) is 27.8. The molecule has 0 amide bonds. The molecule has 0 N–H and O–H groups in total. The van der Waals surface area contributed by atoms with Gasteiger partial charge < -0.3 is 9.47 Å².